The summed E-state index contributed by atoms with van der Waals surface area (Å²) in [5.41, 5.74) is 0.931. The summed E-state index contributed by atoms with van der Waals surface area (Å²) in [4.78, 5) is 5.78. The summed E-state index contributed by atoms with van der Waals surface area (Å²) in [6.07, 6.45) is 0. The van der Waals surface area contributed by atoms with Gasteiger partial charge in [-0.05, 0) is 25.3 Å². The van der Waals surface area contributed by atoms with E-state index in [0.717, 1.165) is 49.1 Å². The lowest BCUT2D eigenvalue weighted by molar-refractivity contribution is 0.0823. The van der Waals surface area contributed by atoms with Crippen molar-refractivity contribution in [1.29, 1.82) is 0 Å². The summed E-state index contributed by atoms with van der Waals surface area (Å²) < 4.78 is 11.2. The van der Waals surface area contributed by atoms with Crippen molar-refractivity contribution in [3.63, 3.8) is 0 Å². The highest BCUT2D eigenvalue weighted by molar-refractivity contribution is 7.13. The largest absolute Gasteiger partial charge is 0.418 e. The average Bonchev–Trinajstić information content (AvgIpc) is 3.36. The third-order valence-electron chi connectivity index (χ3n) is 4.54. The summed E-state index contributed by atoms with van der Waals surface area (Å²) in [6.45, 7) is 8.77. The van der Waals surface area contributed by atoms with Crippen LogP contribution in [0.5, 0.6) is 0 Å². The molecule has 4 heterocycles. The Labute approximate surface area is 150 Å². The summed E-state index contributed by atoms with van der Waals surface area (Å²) in [5.74, 6) is 2.22. The molecule has 0 aromatic carbocycles. The van der Waals surface area contributed by atoms with E-state index in [1.54, 1.807) is 11.3 Å². The number of aryl methyl sites for hydroxylation is 1. The maximum atomic E-state index is 5.88. The Morgan fingerprint density at radius 2 is 2.08 bits per heavy atom. The number of rotatable bonds is 5. The number of hydrogen-bond donors (Lipinski definition) is 0. The van der Waals surface area contributed by atoms with E-state index < -0.39 is 0 Å². The minimum absolute atomic E-state index is 0.121. The first-order chi connectivity index (χ1) is 12.2. The highest BCUT2D eigenvalue weighted by atomic mass is 32.1. The first-order valence-corrected chi connectivity index (χ1v) is 9.33. The van der Waals surface area contributed by atoms with Crippen molar-refractivity contribution in [2.75, 3.05) is 26.2 Å². The van der Waals surface area contributed by atoms with Crippen LogP contribution in [0.25, 0.3) is 10.8 Å². The molecule has 1 aliphatic rings. The van der Waals surface area contributed by atoms with Crippen LogP contribution in [0, 0.1) is 6.92 Å². The molecule has 8 heteroatoms. The fourth-order valence-corrected chi connectivity index (χ4v) is 3.72. The monoisotopic (exact) mass is 359 g/mol. The molecule has 25 heavy (non-hydrogen) atoms. The lowest BCUT2D eigenvalue weighted by Crippen LogP contribution is -2.46. The van der Waals surface area contributed by atoms with Gasteiger partial charge in [-0.15, -0.1) is 21.5 Å². The molecule has 1 fully saturated rings. The second-order valence-electron chi connectivity index (χ2n) is 6.35. The molecule has 1 saturated heterocycles. The molecule has 0 N–H and O–H groups in total. The first-order valence-electron chi connectivity index (χ1n) is 8.45. The summed E-state index contributed by atoms with van der Waals surface area (Å²) >= 11 is 1.61. The van der Waals surface area contributed by atoms with Gasteiger partial charge in [-0.25, -0.2) is 0 Å². The minimum Gasteiger partial charge on any atom is -0.418 e. The van der Waals surface area contributed by atoms with Gasteiger partial charge in [0.2, 0.25) is 5.89 Å². The fourth-order valence-electron chi connectivity index (χ4n) is 3.08. The van der Waals surface area contributed by atoms with Crippen LogP contribution in [0.15, 0.2) is 32.5 Å². The van der Waals surface area contributed by atoms with Crippen LogP contribution in [-0.2, 0) is 6.54 Å². The maximum absolute atomic E-state index is 5.88. The van der Waals surface area contributed by atoms with Crippen molar-refractivity contribution in [2.24, 2.45) is 0 Å². The standard InChI is InChI=1S/C17H21N5O2S/c1-12-10-14(24-20-12)11-21-5-7-22(8-6-21)13(2)16-18-19-17(23-16)15-4-3-9-25-15/h3-4,9-10,13H,5-8,11H2,1-2H3. The maximum Gasteiger partial charge on any atom is 0.257 e. The molecule has 0 saturated carbocycles. The van der Waals surface area contributed by atoms with Gasteiger partial charge in [0.15, 0.2) is 5.76 Å². The third kappa shape index (κ3) is 3.65. The van der Waals surface area contributed by atoms with Gasteiger partial charge in [-0.3, -0.25) is 9.80 Å². The molecule has 3 aromatic heterocycles. The minimum atomic E-state index is 0.121. The molecule has 1 atom stereocenters. The van der Waals surface area contributed by atoms with Gasteiger partial charge >= 0.3 is 0 Å². The van der Waals surface area contributed by atoms with Crippen LogP contribution in [0.1, 0.15) is 30.3 Å². The Hall–Kier alpha value is -2.03. The lowest BCUT2D eigenvalue weighted by atomic mass is 10.2. The van der Waals surface area contributed by atoms with E-state index in [-0.39, 0.29) is 6.04 Å². The number of aromatic nitrogens is 3. The van der Waals surface area contributed by atoms with Gasteiger partial charge in [0.05, 0.1) is 23.2 Å². The lowest BCUT2D eigenvalue weighted by Gasteiger charge is -2.36. The molecule has 0 aliphatic carbocycles. The van der Waals surface area contributed by atoms with Crippen molar-refractivity contribution in [1.82, 2.24) is 25.2 Å². The molecule has 0 radical (unpaired) electrons. The van der Waals surface area contributed by atoms with Crippen LogP contribution in [-0.4, -0.2) is 51.3 Å². The van der Waals surface area contributed by atoms with Crippen LogP contribution < -0.4 is 0 Å². The van der Waals surface area contributed by atoms with Gasteiger partial charge < -0.3 is 8.94 Å². The van der Waals surface area contributed by atoms with Crippen LogP contribution in [0.3, 0.4) is 0 Å². The van der Waals surface area contributed by atoms with Crippen LogP contribution >= 0.6 is 11.3 Å². The zero-order valence-electron chi connectivity index (χ0n) is 14.4. The summed E-state index contributed by atoms with van der Waals surface area (Å²) in [6, 6.07) is 6.11. The molecular weight excluding hydrogens is 338 g/mol. The molecule has 1 unspecified atom stereocenters. The molecule has 3 aromatic rings. The van der Waals surface area contributed by atoms with Crippen molar-refractivity contribution in [3.8, 4) is 10.8 Å². The summed E-state index contributed by atoms with van der Waals surface area (Å²) in [7, 11) is 0. The smallest absolute Gasteiger partial charge is 0.257 e. The molecule has 0 amide bonds. The zero-order chi connectivity index (χ0) is 17.2. The van der Waals surface area contributed by atoms with Crippen LogP contribution in [0.4, 0.5) is 0 Å². The topological polar surface area (TPSA) is 71.4 Å². The number of thiophene rings is 1. The van der Waals surface area contributed by atoms with Crippen molar-refractivity contribution >= 4 is 11.3 Å². The van der Waals surface area contributed by atoms with E-state index in [1.165, 1.54) is 0 Å². The normalized spacial score (nSPS) is 17.8. The first kappa shape index (κ1) is 16.4. The van der Waals surface area contributed by atoms with Crippen molar-refractivity contribution < 1.29 is 8.94 Å². The second kappa shape index (κ2) is 7.07. The highest BCUT2D eigenvalue weighted by Crippen LogP contribution is 2.27. The average molecular weight is 359 g/mol. The van der Waals surface area contributed by atoms with E-state index >= 15 is 0 Å². The quantitative estimate of drug-likeness (QED) is 0.693. The van der Waals surface area contributed by atoms with Gasteiger partial charge in [-0.1, -0.05) is 11.2 Å². The van der Waals surface area contributed by atoms with Gasteiger partial charge in [0.25, 0.3) is 5.89 Å². The third-order valence-corrected chi connectivity index (χ3v) is 5.40. The predicted molar refractivity (Wildman–Crippen MR) is 94.1 cm³/mol. The number of hydrogen-bond acceptors (Lipinski definition) is 8. The van der Waals surface area contributed by atoms with Crippen LogP contribution in [0.2, 0.25) is 0 Å². The number of nitrogens with zero attached hydrogens (tertiary/aromatic N) is 5. The van der Waals surface area contributed by atoms with E-state index in [4.69, 9.17) is 8.94 Å². The van der Waals surface area contributed by atoms with Gasteiger partial charge in [-0.2, -0.15) is 0 Å². The summed E-state index contributed by atoms with van der Waals surface area (Å²) in [5, 5.41) is 14.4. The Morgan fingerprint density at radius 3 is 2.76 bits per heavy atom. The van der Waals surface area contributed by atoms with E-state index in [0.29, 0.717) is 11.8 Å². The fraction of sp³-hybridized carbons (Fsp3) is 0.471. The SMILES string of the molecule is Cc1cc(CN2CCN(C(C)c3nnc(-c4cccs4)o3)CC2)on1. The molecule has 7 nitrogen and oxygen atoms in total. The Balaban J connectivity index is 1.34. The Morgan fingerprint density at radius 1 is 1.24 bits per heavy atom. The predicted octanol–water partition coefficient (Wildman–Crippen LogP) is 2.97. The van der Waals surface area contributed by atoms with Gasteiger partial charge in [0, 0.05) is 32.2 Å². The van der Waals surface area contributed by atoms with Gasteiger partial charge in [0.1, 0.15) is 0 Å². The zero-order valence-corrected chi connectivity index (χ0v) is 15.2. The van der Waals surface area contributed by atoms with Crippen molar-refractivity contribution in [3.05, 3.63) is 40.9 Å². The Bertz CT molecular complexity index is 805. The molecular formula is C17H21N5O2S. The molecule has 4 rings (SSSR count). The van der Waals surface area contributed by atoms with E-state index in [9.17, 15) is 0 Å². The number of piperazine rings is 1. The molecule has 0 bridgehead atoms. The highest BCUT2D eigenvalue weighted by Gasteiger charge is 2.26. The molecule has 132 valence electrons. The van der Waals surface area contributed by atoms with E-state index in [1.807, 2.05) is 30.5 Å². The van der Waals surface area contributed by atoms with E-state index in [2.05, 4.69) is 32.1 Å². The molecule has 0 spiro atoms. The molecule has 1 aliphatic heterocycles. The second-order valence-corrected chi connectivity index (χ2v) is 7.29. The van der Waals surface area contributed by atoms with Crippen molar-refractivity contribution in [2.45, 2.75) is 26.4 Å². The Kier molecular flexibility index (Phi) is 4.65.